The minimum Gasteiger partial charge on any atom is -0.362 e. The van der Waals surface area contributed by atoms with Crippen LogP contribution in [0.1, 0.15) is 24.8 Å². The fraction of sp³-hybridized carbons (Fsp3) is 0.533. The van der Waals surface area contributed by atoms with Crippen molar-refractivity contribution in [2.24, 2.45) is 10.9 Å². The van der Waals surface area contributed by atoms with Gasteiger partial charge in [0.2, 0.25) is 0 Å². The van der Waals surface area contributed by atoms with Crippen LogP contribution < -0.4 is 5.32 Å². The summed E-state index contributed by atoms with van der Waals surface area (Å²) >= 11 is 1.86. The van der Waals surface area contributed by atoms with Crippen LogP contribution >= 0.6 is 11.8 Å². The van der Waals surface area contributed by atoms with Crippen molar-refractivity contribution in [1.82, 2.24) is 5.32 Å². The van der Waals surface area contributed by atoms with E-state index < -0.39 is 0 Å². The van der Waals surface area contributed by atoms with Gasteiger partial charge in [0.05, 0.1) is 0 Å². The van der Waals surface area contributed by atoms with Gasteiger partial charge in [-0.2, -0.15) is 0 Å². The Balaban J connectivity index is 1.51. The van der Waals surface area contributed by atoms with Gasteiger partial charge >= 0.3 is 0 Å². The van der Waals surface area contributed by atoms with Crippen molar-refractivity contribution in [2.45, 2.75) is 31.7 Å². The lowest BCUT2D eigenvalue weighted by Crippen LogP contribution is -2.41. The highest BCUT2D eigenvalue weighted by molar-refractivity contribution is 8.13. The number of hydrogen-bond acceptors (Lipinski definition) is 2. The normalized spacial score (nSPS) is 28.2. The maximum absolute atomic E-state index is 12.8. The number of hydrogen-bond donors (Lipinski definition) is 1. The van der Waals surface area contributed by atoms with Crippen LogP contribution in [0.25, 0.3) is 0 Å². The van der Waals surface area contributed by atoms with Crippen molar-refractivity contribution in [3.8, 4) is 0 Å². The highest BCUT2D eigenvalue weighted by atomic mass is 32.2. The van der Waals surface area contributed by atoms with E-state index in [4.69, 9.17) is 0 Å². The molecule has 2 atom stereocenters. The zero-order valence-corrected chi connectivity index (χ0v) is 11.8. The predicted molar refractivity (Wildman–Crippen MR) is 79.1 cm³/mol. The molecule has 0 radical (unpaired) electrons. The molecule has 1 aromatic rings. The van der Waals surface area contributed by atoms with E-state index in [1.54, 1.807) is 0 Å². The number of amidine groups is 1. The summed E-state index contributed by atoms with van der Waals surface area (Å²) in [5.41, 5.74) is 1.14. The molecule has 1 N–H and O–H groups in total. The second-order valence-electron chi connectivity index (χ2n) is 5.32. The molecule has 1 aromatic carbocycles. The van der Waals surface area contributed by atoms with Crippen LogP contribution in [0.2, 0.25) is 0 Å². The molecule has 4 heteroatoms. The van der Waals surface area contributed by atoms with Crippen LogP contribution in [-0.4, -0.2) is 23.5 Å². The fourth-order valence-electron chi connectivity index (χ4n) is 2.84. The van der Waals surface area contributed by atoms with Crippen LogP contribution in [-0.2, 0) is 6.42 Å². The third-order valence-corrected chi connectivity index (χ3v) is 5.09. The monoisotopic (exact) mass is 278 g/mol. The highest BCUT2D eigenvalue weighted by Gasteiger charge is 2.31. The minimum atomic E-state index is -0.174. The van der Waals surface area contributed by atoms with Crippen molar-refractivity contribution in [3.05, 3.63) is 35.6 Å². The largest absolute Gasteiger partial charge is 0.362 e. The van der Waals surface area contributed by atoms with E-state index in [2.05, 4.69) is 10.3 Å². The number of aliphatic imine (C=N–C) groups is 1. The van der Waals surface area contributed by atoms with Crippen LogP contribution in [0.3, 0.4) is 0 Å². The van der Waals surface area contributed by atoms with Crippen LogP contribution in [0, 0.1) is 11.7 Å². The molecule has 1 saturated heterocycles. The van der Waals surface area contributed by atoms with E-state index in [9.17, 15) is 4.39 Å². The van der Waals surface area contributed by atoms with Crippen LogP contribution in [0.15, 0.2) is 29.3 Å². The van der Waals surface area contributed by atoms with E-state index in [-0.39, 0.29) is 5.82 Å². The molecule has 0 spiro atoms. The average molecular weight is 278 g/mol. The smallest absolute Gasteiger partial charge is 0.156 e. The van der Waals surface area contributed by atoms with E-state index >= 15 is 0 Å². The first-order chi connectivity index (χ1) is 9.31. The van der Waals surface area contributed by atoms with Gasteiger partial charge in [-0.25, -0.2) is 4.39 Å². The number of nitrogens with one attached hydrogen (secondary N) is 1. The molecule has 3 rings (SSSR count). The van der Waals surface area contributed by atoms with Gasteiger partial charge in [0.25, 0.3) is 0 Å². The van der Waals surface area contributed by atoms with E-state index in [1.165, 1.54) is 37.1 Å². The Bertz CT molecular complexity index is 458. The number of nitrogens with zero attached hydrogens (tertiary/aromatic N) is 1. The third kappa shape index (κ3) is 3.30. The first kappa shape index (κ1) is 13.0. The van der Waals surface area contributed by atoms with Gasteiger partial charge in [0.15, 0.2) is 5.17 Å². The van der Waals surface area contributed by atoms with Gasteiger partial charge in [-0.1, -0.05) is 30.3 Å². The van der Waals surface area contributed by atoms with E-state index in [1.807, 2.05) is 23.9 Å². The number of thioether (sulfide) groups is 1. The average Bonchev–Trinajstić information content (AvgIpc) is 2.88. The summed E-state index contributed by atoms with van der Waals surface area (Å²) < 4.78 is 12.8. The van der Waals surface area contributed by atoms with Gasteiger partial charge < -0.3 is 5.32 Å². The molecule has 1 saturated carbocycles. The quantitative estimate of drug-likeness (QED) is 0.918. The van der Waals surface area contributed by atoms with Gasteiger partial charge in [-0.05, 0) is 42.9 Å². The van der Waals surface area contributed by atoms with Crippen LogP contribution in [0.5, 0.6) is 0 Å². The molecule has 0 aromatic heterocycles. The van der Waals surface area contributed by atoms with E-state index in [0.29, 0.717) is 6.04 Å². The summed E-state index contributed by atoms with van der Waals surface area (Å²) in [5.74, 6) is 1.89. The molecule has 2 fully saturated rings. The molecule has 2 aliphatic rings. The minimum absolute atomic E-state index is 0.174. The summed E-state index contributed by atoms with van der Waals surface area (Å²) in [4.78, 5) is 4.64. The Kier molecular flexibility index (Phi) is 4.06. The van der Waals surface area contributed by atoms with E-state index in [0.717, 1.165) is 29.6 Å². The van der Waals surface area contributed by atoms with Crippen molar-refractivity contribution in [3.63, 3.8) is 0 Å². The van der Waals surface area contributed by atoms with Gasteiger partial charge in [-0.3, -0.25) is 4.99 Å². The summed E-state index contributed by atoms with van der Waals surface area (Å²) in [6.07, 6.45) is 4.89. The van der Waals surface area contributed by atoms with Crippen molar-refractivity contribution >= 4 is 16.9 Å². The molecule has 19 heavy (non-hydrogen) atoms. The summed E-state index contributed by atoms with van der Waals surface area (Å²) in [6, 6.07) is 7.36. The number of benzene rings is 1. The fourth-order valence-corrected chi connectivity index (χ4v) is 4.03. The third-order valence-electron chi connectivity index (χ3n) is 3.97. The standard InChI is InChI=1S/C15H19FN2S/c16-13-6-4-11(5-7-13)8-9-17-15-18-14-3-1-2-12(14)10-19-15/h4-7,12,14H,1-3,8-10H2,(H,17,18). The SMILES string of the molecule is Fc1ccc(CCN=C2NC3CCCC3CS2)cc1. The lowest BCUT2D eigenvalue weighted by atomic mass is 10.1. The second-order valence-corrected chi connectivity index (χ2v) is 6.32. The van der Waals surface area contributed by atoms with Gasteiger partial charge in [0.1, 0.15) is 5.82 Å². The summed E-state index contributed by atoms with van der Waals surface area (Å²) in [7, 11) is 0. The number of fused-ring (bicyclic) bond motifs is 1. The first-order valence-electron chi connectivity index (χ1n) is 6.99. The molecule has 0 bridgehead atoms. The zero-order valence-electron chi connectivity index (χ0n) is 10.9. The number of halogens is 1. The topological polar surface area (TPSA) is 24.4 Å². The van der Waals surface area contributed by atoms with Gasteiger partial charge in [-0.15, -0.1) is 0 Å². The lowest BCUT2D eigenvalue weighted by Gasteiger charge is -2.28. The highest BCUT2D eigenvalue weighted by Crippen LogP contribution is 2.32. The molecule has 0 amide bonds. The van der Waals surface area contributed by atoms with Crippen LogP contribution in [0.4, 0.5) is 4.39 Å². The maximum atomic E-state index is 12.8. The maximum Gasteiger partial charge on any atom is 0.156 e. The Morgan fingerprint density at radius 1 is 1.26 bits per heavy atom. The molecule has 1 aliphatic carbocycles. The first-order valence-corrected chi connectivity index (χ1v) is 7.98. The molecule has 1 aliphatic heterocycles. The summed E-state index contributed by atoms with van der Waals surface area (Å²) in [6.45, 7) is 0.776. The molecule has 2 nitrogen and oxygen atoms in total. The zero-order chi connectivity index (χ0) is 13.1. The Morgan fingerprint density at radius 3 is 2.95 bits per heavy atom. The van der Waals surface area contributed by atoms with Crippen molar-refractivity contribution in [1.29, 1.82) is 0 Å². The Labute approximate surface area is 117 Å². The lowest BCUT2D eigenvalue weighted by molar-refractivity contribution is 0.490. The molecular weight excluding hydrogens is 259 g/mol. The molecule has 2 unspecified atom stereocenters. The van der Waals surface area contributed by atoms with Crippen molar-refractivity contribution < 1.29 is 4.39 Å². The Morgan fingerprint density at radius 2 is 2.11 bits per heavy atom. The van der Waals surface area contributed by atoms with Gasteiger partial charge in [0, 0.05) is 18.3 Å². The predicted octanol–water partition coefficient (Wildman–Crippen LogP) is 3.23. The van der Waals surface area contributed by atoms with Crippen molar-refractivity contribution in [2.75, 3.05) is 12.3 Å². The molecule has 102 valence electrons. The Hall–Kier alpha value is -1.03. The number of rotatable bonds is 3. The molecular formula is C15H19FN2S. The molecule has 1 heterocycles. The summed E-state index contributed by atoms with van der Waals surface area (Å²) in [5, 5.41) is 4.67. The second kappa shape index (κ2) is 5.95.